The number of hydrogen-bond acceptors (Lipinski definition) is 3. The van der Waals surface area contributed by atoms with E-state index in [0.717, 1.165) is 31.6 Å². The molecule has 1 aliphatic heterocycles. The molecule has 0 aromatic rings. The summed E-state index contributed by atoms with van der Waals surface area (Å²) in [7, 11) is 5.05. The molecule has 0 N–H and O–H groups in total. The highest BCUT2D eigenvalue weighted by Gasteiger charge is 2.69. The average molecular weight is 354 g/mol. The van der Waals surface area contributed by atoms with Gasteiger partial charge in [-0.3, -0.25) is 0 Å². The second-order valence-electron chi connectivity index (χ2n) is 10.3. The van der Waals surface area contributed by atoms with Gasteiger partial charge in [0.2, 0.25) is 11.6 Å². The van der Waals surface area contributed by atoms with Gasteiger partial charge in [-0.15, -0.1) is 0 Å². The lowest BCUT2D eigenvalue weighted by Gasteiger charge is -2.62. The monoisotopic (exact) mass is 354 g/mol. The van der Waals surface area contributed by atoms with Gasteiger partial charge in [0.1, 0.15) is 0 Å². The van der Waals surface area contributed by atoms with Gasteiger partial charge in [-0.2, -0.15) is 9.78 Å². The molecule has 1 saturated heterocycles. The van der Waals surface area contributed by atoms with Crippen molar-refractivity contribution in [3.05, 3.63) is 11.6 Å². The Labute approximate surface area is 160 Å². The molecule has 5 aliphatic carbocycles. The predicted molar refractivity (Wildman–Crippen MR) is 109 cm³/mol. The van der Waals surface area contributed by atoms with Crippen molar-refractivity contribution in [3.63, 3.8) is 0 Å². The Morgan fingerprint density at radius 3 is 2.38 bits per heavy atom. The third kappa shape index (κ3) is 2.54. The standard InChI is InChI=1S/C20H33B3O3/c1-3-13(2)15-4-6-19(7-5-15)24-20(26-25-19)16-8-14-9-17(20)12-18(10-14,11-16)22-23-21/h3,14-17,22-23H,4-12,21H2,1-2H3/b13-3+/t14?,15-,16?,17?,18?,19+,20-. The summed E-state index contributed by atoms with van der Waals surface area (Å²) in [5, 5.41) is 0.583. The van der Waals surface area contributed by atoms with E-state index in [1.54, 1.807) is 0 Å². The molecule has 140 valence electrons. The lowest BCUT2D eigenvalue weighted by Crippen LogP contribution is -2.62. The fourth-order valence-electron chi connectivity index (χ4n) is 7.63. The normalized spacial score (nSPS) is 52.8. The van der Waals surface area contributed by atoms with Gasteiger partial charge >= 0.3 is 0 Å². The molecule has 4 bridgehead atoms. The quantitative estimate of drug-likeness (QED) is 0.443. The van der Waals surface area contributed by atoms with Crippen molar-refractivity contribution in [2.75, 3.05) is 0 Å². The van der Waals surface area contributed by atoms with Gasteiger partial charge in [0.25, 0.3) is 0 Å². The summed E-state index contributed by atoms with van der Waals surface area (Å²) in [6, 6.07) is 0. The lowest BCUT2D eigenvalue weighted by molar-refractivity contribution is -0.389. The summed E-state index contributed by atoms with van der Waals surface area (Å²) in [6.07, 6.45) is 13.2. The Morgan fingerprint density at radius 1 is 1.08 bits per heavy atom. The molecule has 0 radical (unpaired) electrons. The highest BCUT2D eigenvalue weighted by molar-refractivity contribution is 7.24. The molecule has 6 fully saturated rings. The molecule has 0 aromatic heterocycles. The van der Waals surface area contributed by atoms with E-state index in [1.165, 1.54) is 51.9 Å². The molecule has 3 nitrogen and oxygen atoms in total. The highest BCUT2D eigenvalue weighted by Crippen LogP contribution is 2.70. The van der Waals surface area contributed by atoms with Gasteiger partial charge in [0, 0.05) is 24.7 Å². The van der Waals surface area contributed by atoms with Gasteiger partial charge in [-0.1, -0.05) is 23.4 Å². The van der Waals surface area contributed by atoms with E-state index in [9.17, 15) is 0 Å². The van der Waals surface area contributed by atoms with E-state index >= 15 is 0 Å². The van der Waals surface area contributed by atoms with Crippen molar-refractivity contribution in [2.45, 2.75) is 88.5 Å². The van der Waals surface area contributed by atoms with Crippen LogP contribution in [0.3, 0.4) is 0 Å². The summed E-state index contributed by atoms with van der Waals surface area (Å²) in [5.74, 6) is 1.82. The van der Waals surface area contributed by atoms with Crippen molar-refractivity contribution in [1.29, 1.82) is 0 Å². The fraction of sp³-hybridized carbons (Fsp3) is 0.900. The summed E-state index contributed by atoms with van der Waals surface area (Å²) in [6.45, 7) is 4.42. The second kappa shape index (κ2) is 6.16. The van der Waals surface area contributed by atoms with Crippen molar-refractivity contribution >= 4 is 22.0 Å². The minimum atomic E-state index is -0.461. The number of allylic oxidation sites excluding steroid dienone is 2. The Morgan fingerprint density at radius 2 is 1.77 bits per heavy atom. The van der Waals surface area contributed by atoms with Crippen molar-refractivity contribution in [3.8, 4) is 0 Å². The number of rotatable bonds is 3. The first-order chi connectivity index (χ1) is 12.5. The zero-order valence-corrected chi connectivity index (χ0v) is 16.9. The van der Waals surface area contributed by atoms with Crippen LogP contribution in [0.4, 0.5) is 0 Å². The fourth-order valence-corrected chi connectivity index (χ4v) is 7.63. The van der Waals surface area contributed by atoms with E-state index < -0.39 is 11.6 Å². The van der Waals surface area contributed by atoms with Gasteiger partial charge in [0.15, 0.2) is 0 Å². The zero-order valence-electron chi connectivity index (χ0n) is 16.9. The van der Waals surface area contributed by atoms with Crippen LogP contribution in [-0.4, -0.2) is 33.5 Å². The molecule has 6 aliphatic rings. The van der Waals surface area contributed by atoms with Gasteiger partial charge in [-0.25, -0.2) is 0 Å². The van der Waals surface area contributed by atoms with E-state index in [1.807, 2.05) is 0 Å². The topological polar surface area (TPSA) is 27.7 Å². The third-order valence-electron chi connectivity index (χ3n) is 8.75. The molecule has 0 aromatic carbocycles. The van der Waals surface area contributed by atoms with Gasteiger partial charge < -0.3 is 4.74 Å². The summed E-state index contributed by atoms with van der Waals surface area (Å²) < 4.78 is 6.88. The zero-order chi connectivity index (χ0) is 18.0. The van der Waals surface area contributed by atoms with E-state index in [-0.39, 0.29) is 0 Å². The van der Waals surface area contributed by atoms with Crippen LogP contribution >= 0.6 is 0 Å². The Kier molecular flexibility index (Phi) is 4.23. The lowest BCUT2D eigenvalue weighted by atomic mass is 9.16. The maximum atomic E-state index is 6.88. The Balaban J connectivity index is 1.33. The van der Waals surface area contributed by atoms with E-state index in [2.05, 4.69) is 27.7 Å². The molecular formula is C20H33B3O3. The molecule has 6 heteroatoms. The number of hydrogen-bond donors (Lipinski definition) is 0. The van der Waals surface area contributed by atoms with Gasteiger partial charge in [-0.05, 0) is 64.2 Å². The molecule has 6 rings (SSSR count). The maximum Gasteiger partial charge on any atom is 0.210 e. The molecule has 2 unspecified atom stereocenters. The average Bonchev–Trinajstić information content (AvgIpc) is 3.00. The third-order valence-corrected chi connectivity index (χ3v) is 8.75. The minimum Gasteiger partial charge on any atom is -0.312 e. The molecular weight excluding hydrogens is 321 g/mol. The van der Waals surface area contributed by atoms with Crippen molar-refractivity contribution < 1.29 is 14.5 Å². The molecule has 1 heterocycles. The molecule has 2 spiro atoms. The predicted octanol–water partition coefficient (Wildman–Crippen LogP) is 2.85. The first-order valence-corrected chi connectivity index (χ1v) is 11.2. The first kappa shape index (κ1) is 17.9. The van der Waals surface area contributed by atoms with E-state index in [0.29, 0.717) is 23.1 Å². The van der Waals surface area contributed by atoms with Crippen LogP contribution in [0.15, 0.2) is 11.6 Å². The maximum absolute atomic E-state index is 6.88. The molecule has 26 heavy (non-hydrogen) atoms. The molecule has 0 amide bonds. The van der Waals surface area contributed by atoms with Crippen LogP contribution in [0.25, 0.3) is 0 Å². The SMILES string of the molecule is BBBC12CC3CC(C1)[C@]1(OO[C@]4(CC[C@@H](/C(C)=C/C)CC4)O1)C(C3)C2. The Hall–Kier alpha value is -0.185. The smallest absolute Gasteiger partial charge is 0.210 e. The van der Waals surface area contributed by atoms with Crippen LogP contribution in [0.5, 0.6) is 0 Å². The van der Waals surface area contributed by atoms with Crippen molar-refractivity contribution in [2.24, 2.45) is 23.7 Å². The van der Waals surface area contributed by atoms with Crippen molar-refractivity contribution in [1.82, 2.24) is 0 Å². The highest BCUT2D eigenvalue weighted by atomic mass is 17.3. The van der Waals surface area contributed by atoms with E-state index in [4.69, 9.17) is 14.5 Å². The number of ether oxygens (including phenoxy) is 1. The molecule has 2 atom stereocenters. The second-order valence-corrected chi connectivity index (χ2v) is 10.3. The summed E-state index contributed by atoms with van der Waals surface area (Å²) >= 11 is 0. The van der Waals surface area contributed by atoms with Gasteiger partial charge in [0.05, 0.1) is 22.0 Å². The van der Waals surface area contributed by atoms with Crippen LogP contribution in [0, 0.1) is 23.7 Å². The summed E-state index contributed by atoms with van der Waals surface area (Å²) in [5.41, 5.74) is 1.52. The summed E-state index contributed by atoms with van der Waals surface area (Å²) in [4.78, 5) is 12.3. The Bertz CT molecular complexity index is 583. The largest absolute Gasteiger partial charge is 0.312 e. The first-order valence-electron chi connectivity index (χ1n) is 11.2. The molecule has 5 saturated carbocycles. The van der Waals surface area contributed by atoms with Crippen LogP contribution in [0.1, 0.15) is 71.6 Å². The minimum absolute atomic E-state index is 0.420. The van der Waals surface area contributed by atoms with Crippen LogP contribution in [0.2, 0.25) is 5.31 Å². The van der Waals surface area contributed by atoms with Crippen LogP contribution < -0.4 is 0 Å². The van der Waals surface area contributed by atoms with Crippen LogP contribution in [-0.2, 0) is 14.5 Å².